The van der Waals surface area contributed by atoms with Crippen LogP contribution in [0.3, 0.4) is 0 Å². The van der Waals surface area contributed by atoms with E-state index in [0.717, 1.165) is 62.3 Å². The summed E-state index contributed by atoms with van der Waals surface area (Å²) >= 11 is 1.85. The number of aromatic amines is 1. The van der Waals surface area contributed by atoms with Gasteiger partial charge in [-0.05, 0) is 73.5 Å². The molecule has 1 N–H and O–H groups in total. The van der Waals surface area contributed by atoms with E-state index >= 15 is 0 Å². The van der Waals surface area contributed by atoms with Crippen LogP contribution in [0.15, 0.2) is 176 Å². The Morgan fingerprint density at radius 2 is 1.49 bits per heavy atom. The lowest BCUT2D eigenvalue weighted by molar-refractivity contribution is 1.08. The van der Waals surface area contributed by atoms with Crippen molar-refractivity contribution in [2.75, 3.05) is 9.80 Å². The fourth-order valence-electron chi connectivity index (χ4n) is 8.31. The van der Waals surface area contributed by atoms with Crippen molar-refractivity contribution in [3.63, 3.8) is 0 Å². The van der Waals surface area contributed by atoms with E-state index in [2.05, 4.69) is 179 Å². The Hall–Kier alpha value is -6.89. The average molecular weight is 728 g/mol. The molecule has 264 valence electrons. The van der Waals surface area contributed by atoms with Gasteiger partial charge in [-0.3, -0.25) is 4.90 Å². The highest BCUT2D eigenvalue weighted by atomic mass is 32.1. The van der Waals surface area contributed by atoms with E-state index < -0.39 is 0 Å². The largest absolute Gasteiger partial charge is 0.358 e. The molecule has 4 aromatic heterocycles. The number of rotatable bonds is 6. The van der Waals surface area contributed by atoms with E-state index in [1.807, 2.05) is 35.9 Å². The van der Waals surface area contributed by atoms with E-state index in [0.29, 0.717) is 0 Å². The quantitative estimate of drug-likeness (QED) is 0.173. The van der Waals surface area contributed by atoms with Gasteiger partial charge in [0.15, 0.2) is 0 Å². The van der Waals surface area contributed by atoms with E-state index in [-0.39, 0.29) is 0 Å². The zero-order valence-electron chi connectivity index (χ0n) is 30.6. The molecule has 0 saturated heterocycles. The van der Waals surface area contributed by atoms with Crippen molar-refractivity contribution in [3.8, 4) is 28.2 Å². The Morgan fingerprint density at radius 1 is 0.709 bits per heavy atom. The summed E-state index contributed by atoms with van der Waals surface area (Å²) in [6.45, 7) is 8.29. The highest BCUT2D eigenvalue weighted by Gasteiger charge is 2.32. The van der Waals surface area contributed by atoms with Crippen molar-refractivity contribution < 1.29 is 0 Å². The molecular formula is C49H37N5S. The highest BCUT2D eigenvalue weighted by molar-refractivity contribution is 7.19. The van der Waals surface area contributed by atoms with Gasteiger partial charge in [-0.2, -0.15) is 0 Å². The van der Waals surface area contributed by atoms with Crippen molar-refractivity contribution in [1.82, 2.24) is 14.5 Å². The number of hydrogen-bond acceptors (Lipinski definition) is 4. The molecule has 6 heterocycles. The minimum absolute atomic E-state index is 0.862. The van der Waals surface area contributed by atoms with Gasteiger partial charge in [0, 0.05) is 49.4 Å². The number of aromatic nitrogens is 3. The lowest BCUT2D eigenvalue weighted by Gasteiger charge is -2.29. The summed E-state index contributed by atoms with van der Waals surface area (Å²) in [6, 6.07) is 41.3. The number of nitrogens with zero attached hydrogens (tertiary/aromatic N) is 4. The molecule has 6 heteroatoms. The van der Waals surface area contributed by atoms with Crippen LogP contribution in [0.25, 0.3) is 61.0 Å². The number of pyridine rings is 1. The number of benzene rings is 4. The van der Waals surface area contributed by atoms with Crippen molar-refractivity contribution in [3.05, 3.63) is 192 Å². The molecule has 2 aliphatic rings. The van der Waals surface area contributed by atoms with Crippen LogP contribution in [-0.4, -0.2) is 14.5 Å². The van der Waals surface area contributed by atoms with Gasteiger partial charge in [-0.1, -0.05) is 110 Å². The second kappa shape index (κ2) is 13.2. The number of H-pyrrole nitrogens is 1. The highest BCUT2D eigenvalue weighted by Crippen LogP contribution is 2.52. The fourth-order valence-corrected chi connectivity index (χ4v) is 9.37. The minimum atomic E-state index is 0.862. The summed E-state index contributed by atoms with van der Waals surface area (Å²) in [6.07, 6.45) is 18.5. The van der Waals surface area contributed by atoms with Crippen LogP contribution in [0.1, 0.15) is 22.9 Å². The van der Waals surface area contributed by atoms with Gasteiger partial charge >= 0.3 is 0 Å². The standard InChI is InChI=1S/C49H37N5S/c1-4-5-6-15-30-52-40-21-12-8-17-36(40)46-37-18-9-13-22-41(37)53(49(46)47-42(52)28-29-50-47)35-26-27-44(51-31-35)54-39-20-11-7-16-34(39)25-24-32(2)48(54)45-33(3)55-43-23-14-10-19-38(43)45/h4-31,50H,1H2,2-3H3/b6-5-,30-15-. The number of thiophene rings is 1. The Balaban J connectivity index is 1.18. The third kappa shape index (κ3) is 5.17. The van der Waals surface area contributed by atoms with Crippen LogP contribution in [0, 0.1) is 6.92 Å². The molecule has 0 atom stereocenters. The van der Waals surface area contributed by atoms with Gasteiger partial charge < -0.3 is 14.5 Å². The molecule has 2 aliphatic heterocycles. The van der Waals surface area contributed by atoms with Crippen LogP contribution in [-0.2, 0) is 0 Å². The van der Waals surface area contributed by atoms with Crippen LogP contribution >= 0.6 is 11.3 Å². The number of anilines is 4. The van der Waals surface area contributed by atoms with Crippen LogP contribution in [0.5, 0.6) is 0 Å². The third-order valence-electron chi connectivity index (χ3n) is 10.6. The Morgan fingerprint density at radius 3 is 2.35 bits per heavy atom. The maximum Gasteiger partial charge on any atom is 0.137 e. The first kappa shape index (κ1) is 32.7. The molecule has 55 heavy (non-hydrogen) atoms. The molecule has 0 aliphatic carbocycles. The molecule has 0 unspecified atom stereocenters. The van der Waals surface area contributed by atoms with Gasteiger partial charge in [0.25, 0.3) is 0 Å². The molecule has 0 radical (unpaired) electrons. The summed E-state index contributed by atoms with van der Waals surface area (Å²) in [5.74, 6) is 0.862. The molecule has 4 aromatic carbocycles. The molecular weight excluding hydrogens is 691 g/mol. The van der Waals surface area contributed by atoms with Gasteiger partial charge in [0.05, 0.1) is 51.5 Å². The number of allylic oxidation sites excluding steroid dienone is 6. The second-order valence-corrected chi connectivity index (χ2v) is 15.1. The lowest BCUT2D eigenvalue weighted by atomic mass is 10.00. The van der Waals surface area contributed by atoms with Crippen LogP contribution in [0.4, 0.5) is 22.9 Å². The van der Waals surface area contributed by atoms with Gasteiger partial charge in [-0.15, -0.1) is 11.3 Å². The lowest BCUT2D eigenvalue weighted by Crippen LogP contribution is -2.18. The topological polar surface area (TPSA) is 40.1 Å². The van der Waals surface area contributed by atoms with Crippen molar-refractivity contribution in [1.29, 1.82) is 0 Å². The molecule has 0 amide bonds. The summed E-state index contributed by atoms with van der Waals surface area (Å²) in [5, 5.41) is 2.44. The second-order valence-electron chi connectivity index (χ2n) is 13.8. The molecule has 0 bridgehead atoms. The van der Waals surface area contributed by atoms with E-state index in [1.165, 1.54) is 37.0 Å². The molecule has 10 rings (SSSR count). The van der Waals surface area contributed by atoms with E-state index in [1.54, 1.807) is 6.08 Å². The molecule has 8 aromatic rings. The Kier molecular flexibility index (Phi) is 7.86. The van der Waals surface area contributed by atoms with Gasteiger partial charge in [0.1, 0.15) is 5.82 Å². The van der Waals surface area contributed by atoms with Crippen molar-refractivity contribution >= 4 is 67.0 Å². The van der Waals surface area contributed by atoms with Crippen LogP contribution < -0.4 is 9.80 Å². The molecule has 0 spiro atoms. The molecule has 5 nitrogen and oxygen atoms in total. The van der Waals surface area contributed by atoms with Gasteiger partial charge in [0.2, 0.25) is 0 Å². The maximum atomic E-state index is 5.34. The monoisotopic (exact) mass is 727 g/mol. The summed E-state index contributed by atoms with van der Waals surface area (Å²) in [5.41, 5.74) is 14.6. The van der Waals surface area contributed by atoms with E-state index in [4.69, 9.17) is 4.98 Å². The number of aryl methyl sites for hydroxylation is 1. The smallest absolute Gasteiger partial charge is 0.137 e. The van der Waals surface area contributed by atoms with E-state index in [9.17, 15) is 0 Å². The molecule has 0 saturated carbocycles. The number of nitrogens with one attached hydrogen (secondary N) is 1. The first-order valence-electron chi connectivity index (χ1n) is 18.5. The van der Waals surface area contributed by atoms with Crippen molar-refractivity contribution in [2.45, 2.75) is 13.8 Å². The van der Waals surface area contributed by atoms with Gasteiger partial charge in [-0.25, -0.2) is 4.98 Å². The maximum absolute atomic E-state index is 5.34. The summed E-state index contributed by atoms with van der Waals surface area (Å²) in [7, 11) is 0. The van der Waals surface area contributed by atoms with Crippen LogP contribution in [0.2, 0.25) is 0 Å². The normalized spacial score (nSPS) is 13.7. The SMILES string of the molecule is C=C/C=C\C=C/N1c2ccccc2-c2c(n(-c3ccc(N4C(c5c(C)sc6ccccc56)=C(C)C=Cc5ccccc54)nc3)c3ccccc23)-c2[nH]ccc21. The average Bonchev–Trinajstić information content (AvgIpc) is 3.88. The Bertz CT molecular complexity index is 2930. The number of hydrogen-bond donors (Lipinski definition) is 1. The van der Waals surface area contributed by atoms with Crippen molar-refractivity contribution in [2.24, 2.45) is 0 Å². The number of para-hydroxylation sites is 3. The summed E-state index contributed by atoms with van der Waals surface area (Å²) in [4.78, 5) is 14.9. The predicted molar refractivity (Wildman–Crippen MR) is 234 cm³/mol. The number of fused-ring (bicyclic) bond motifs is 9. The predicted octanol–water partition coefficient (Wildman–Crippen LogP) is 13.5. The fraction of sp³-hybridized carbons (Fsp3) is 0.0408. The zero-order valence-corrected chi connectivity index (χ0v) is 31.4. The third-order valence-corrected chi connectivity index (χ3v) is 11.7. The molecule has 0 fully saturated rings. The zero-order chi connectivity index (χ0) is 37.0. The minimum Gasteiger partial charge on any atom is -0.358 e. The Labute approximate surface area is 324 Å². The first-order valence-corrected chi connectivity index (χ1v) is 19.3. The first-order chi connectivity index (χ1) is 27.1. The summed E-state index contributed by atoms with van der Waals surface area (Å²) < 4.78 is 3.65.